The molecule has 0 aliphatic carbocycles. The molecule has 122 valence electrons. The molecule has 2 N–H and O–H groups in total. The number of anilines is 1. The molecule has 0 bridgehead atoms. The zero-order valence-corrected chi connectivity index (χ0v) is 13.2. The van der Waals surface area contributed by atoms with Crippen molar-refractivity contribution in [3.8, 4) is 0 Å². The quantitative estimate of drug-likeness (QED) is 0.554. The molecule has 0 unspecified atom stereocenters. The zero-order chi connectivity index (χ0) is 17.1. The van der Waals surface area contributed by atoms with E-state index in [1.54, 1.807) is 31.0 Å². The Morgan fingerprint density at radius 3 is 2.67 bits per heavy atom. The first kappa shape index (κ1) is 15.5. The summed E-state index contributed by atoms with van der Waals surface area (Å²) < 4.78 is 2.83. The molecule has 0 saturated heterocycles. The van der Waals surface area contributed by atoms with Gasteiger partial charge in [-0.05, 0) is 11.6 Å². The van der Waals surface area contributed by atoms with Gasteiger partial charge in [0.15, 0.2) is 11.2 Å². The highest BCUT2D eigenvalue weighted by Crippen LogP contribution is 2.12. The van der Waals surface area contributed by atoms with E-state index in [9.17, 15) is 9.59 Å². The molecule has 8 nitrogen and oxygen atoms in total. The van der Waals surface area contributed by atoms with Gasteiger partial charge < -0.3 is 4.57 Å². The maximum absolute atomic E-state index is 11.9. The molecule has 0 saturated carbocycles. The smallest absolute Gasteiger partial charge is 0.306 e. The summed E-state index contributed by atoms with van der Waals surface area (Å²) in [5.41, 5.74) is 3.43. The fourth-order valence-electron chi connectivity index (χ4n) is 2.26. The van der Waals surface area contributed by atoms with Gasteiger partial charge in [0.05, 0.1) is 0 Å². The Balaban J connectivity index is 1.82. The van der Waals surface area contributed by atoms with E-state index >= 15 is 0 Å². The second-order valence-corrected chi connectivity index (χ2v) is 5.14. The summed E-state index contributed by atoms with van der Waals surface area (Å²) >= 11 is 0. The van der Waals surface area contributed by atoms with Crippen molar-refractivity contribution in [1.29, 1.82) is 0 Å². The second-order valence-electron chi connectivity index (χ2n) is 5.14. The van der Waals surface area contributed by atoms with E-state index in [0.29, 0.717) is 17.1 Å². The number of fused-ring (bicyclic) bond motifs is 1. The van der Waals surface area contributed by atoms with E-state index in [1.807, 2.05) is 36.4 Å². The van der Waals surface area contributed by atoms with Crippen LogP contribution in [0.3, 0.4) is 0 Å². The number of nitrogens with zero attached hydrogens (tertiary/aromatic N) is 4. The number of hydrogen-bond donors (Lipinski definition) is 2. The minimum atomic E-state index is -0.508. The summed E-state index contributed by atoms with van der Waals surface area (Å²) in [6, 6.07) is 9.83. The second kappa shape index (κ2) is 6.37. The number of imidazole rings is 1. The molecule has 0 aliphatic rings. The van der Waals surface area contributed by atoms with Crippen LogP contribution in [-0.2, 0) is 14.1 Å². The molecule has 0 spiro atoms. The van der Waals surface area contributed by atoms with Gasteiger partial charge in [0, 0.05) is 20.3 Å². The van der Waals surface area contributed by atoms with E-state index in [2.05, 4.69) is 20.5 Å². The Hall–Kier alpha value is -3.42. The Labute approximate surface area is 136 Å². The first-order valence-corrected chi connectivity index (χ1v) is 7.24. The van der Waals surface area contributed by atoms with Gasteiger partial charge >= 0.3 is 5.69 Å². The number of hydrogen-bond acceptors (Lipinski definition) is 5. The molecule has 0 fully saturated rings. The van der Waals surface area contributed by atoms with Crippen LogP contribution in [0.1, 0.15) is 5.56 Å². The van der Waals surface area contributed by atoms with Gasteiger partial charge in [-0.25, -0.2) is 10.2 Å². The van der Waals surface area contributed by atoms with E-state index in [1.165, 1.54) is 4.57 Å². The predicted molar refractivity (Wildman–Crippen MR) is 94.2 cm³/mol. The topological polar surface area (TPSA) is 97.1 Å². The number of aromatic nitrogens is 4. The molecule has 2 aromatic heterocycles. The van der Waals surface area contributed by atoms with Crippen LogP contribution in [0.25, 0.3) is 17.2 Å². The molecular formula is C16H16N6O2. The van der Waals surface area contributed by atoms with Crippen molar-refractivity contribution >= 4 is 29.4 Å². The van der Waals surface area contributed by atoms with E-state index in [-0.39, 0.29) is 0 Å². The summed E-state index contributed by atoms with van der Waals surface area (Å²) in [7, 11) is 3.22. The molecule has 1 aromatic carbocycles. The molecule has 0 radical (unpaired) electrons. The number of hydrazone groups is 1. The molecule has 0 amide bonds. The van der Waals surface area contributed by atoms with Crippen LogP contribution in [0.2, 0.25) is 0 Å². The number of allylic oxidation sites excluding steroid dienone is 1. The van der Waals surface area contributed by atoms with Gasteiger partial charge in [-0.15, -0.1) is 0 Å². The fraction of sp³-hybridized carbons (Fsp3) is 0.125. The highest BCUT2D eigenvalue weighted by atomic mass is 16.2. The molecule has 24 heavy (non-hydrogen) atoms. The van der Waals surface area contributed by atoms with Crippen molar-refractivity contribution in [3.63, 3.8) is 0 Å². The molecular weight excluding hydrogens is 308 g/mol. The number of rotatable bonds is 4. The Kier molecular flexibility index (Phi) is 4.11. The minimum absolute atomic E-state index is 0.295. The van der Waals surface area contributed by atoms with Crippen LogP contribution in [-0.4, -0.2) is 25.3 Å². The third-order valence-corrected chi connectivity index (χ3v) is 3.55. The van der Waals surface area contributed by atoms with Crippen molar-refractivity contribution < 1.29 is 0 Å². The van der Waals surface area contributed by atoms with Crippen LogP contribution in [0.15, 0.2) is 51.1 Å². The van der Waals surface area contributed by atoms with Crippen molar-refractivity contribution in [2.24, 2.45) is 19.2 Å². The van der Waals surface area contributed by atoms with Crippen molar-refractivity contribution in [2.75, 3.05) is 5.43 Å². The van der Waals surface area contributed by atoms with Gasteiger partial charge in [-0.2, -0.15) is 10.1 Å². The lowest BCUT2D eigenvalue weighted by molar-refractivity contribution is 0.829. The predicted octanol–water partition coefficient (Wildman–Crippen LogP) is 1.07. The summed E-state index contributed by atoms with van der Waals surface area (Å²) in [5, 5.41) is 4.05. The standard InChI is InChI=1S/C16H16N6O2/c1-21-12-13(22(2)16(24)19-14(12)23)18-15(21)20-17-10-6-9-11-7-4-3-5-8-11/h3-10H,1-2H3,(H,18,20)(H,19,23,24). The highest BCUT2D eigenvalue weighted by molar-refractivity contribution is 5.79. The van der Waals surface area contributed by atoms with E-state index < -0.39 is 11.2 Å². The summed E-state index contributed by atoms with van der Waals surface area (Å²) in [6.45, 7) is 0. The van der Waals surface area contributed by atoms with Crippen molar-refractivity contribution in [2.45, 2.75) is 0 Å². The van der Waals surface area contributed by atoms with Crippen molar-refractivity contribution in [1.82, 2.24) is 19.1 Å². The Bertz CT molecular complexity index is 1040. The van der Waals surface area contributed by atoms with E-state index in [0.717, 1.165) is 5.56 Å². The molecule has 2 heterocycles. The Morgan fingerprint density at radius 1 is 1.17 bits per heavy atom. The van der Waals surface area contributed by atoms with Crippen LogP contribution in [0.5, 0.6) is 0 Å². The summed E-state index contributed by atoms with van der Waals surface area (Å²) in [6.07, 6.45) is 5.28. The molecule has 3 aromatic rings. The lowest BCUT2D eigenvalue weighted by Crippen LogP contribution is -2.29. The van der Waals surface area contributed by atoms with Crippen LogP contribution in [0, 0.1) is 0 Å². The van der Waals surface area contributed by atoms with Gasteiger partial charge in [-0.1, -0.05) is 36.4 Å². The first-order chi connectivity index (χ1) is 11.6. The molecule has 3 rings (SSSR count). The number of aryl methyl sites for hydroxylation is 2. The largest absolute Gasteiger partial charge is 0.329 e. The average molecular weight is 324 g/mol. The minimum Gasteiger partial charge on any atom is -0.306 e. The van der Waals surface area contributed by atoms with Gasteiger partial charge in [0.2, 0.25) is 5.95 Å². The van der Waals surface area contributed by atoms with Gasteiger partial charge in [0.25, 0.3) is 5.56 Å². The number of aromatic amines is 1. The monoisotopic (exact) mass is 324 g/mol. The van der Waals surface area contributed by atoms with Crippen LogP contribution < -0.4 is 16.7 Å². The summed E-state index contributed by atoms with van der Waals surface area (Å²) in [5.74, 6) is 0.362. The van der Waals surface area contributed by atoms with Gasteiger partial charge in [0.1, 0.15) is 0 Å². The molecule has 8 heteroatoms. The number of nitrogens with one attached hydrogen (secondary N) is 2. The van der Waals surface area contributed by atoms with E-state index in [4.69, 9.17) is 0 Å². The Morgan fingerprint density at radius 2 is 1.92 bits per heavy atom. The normalized spacial score (nSPS) is 11.8. The van der Waals surface area contributed by atoms with Crippen LogP contribution >= 0.6 is 0 Å². The molecule has 0 aliphatic heterocycles. The lowest BCUT2D eigenvalue weighted by atomic mass is 10.2. The lowest BCUT2D eigenvalue weighted by Gasteiger charge is -1.99. The number of H-pyrrole nitrogens is 1. The van der Waals surface area contributed by atoms with Crippen molar-refractivity contribution in [3.05, 3.63) is 62.8 Å². The summed E-state index contributed by atoms with van der Waals surface area (Å²) in [4.78, 5) is 30.0. The molecule has 0 atom stereocenters. The number of benzene rings is 1. The maximum Gasteiger partial charge on any atom is 0.329 e. The SMILES string of the molecule is Cn1c(NN=CC=Cc2ccccc2)nc2c1c(=O)[nH]c(=O)n2C. The first-order valence-electron chi connectivity index (χ1n) is 7.24. The highest BCUT2D eigenvalue weighted by Gasteiger charge is 2.14. The third-order valence-electron chi connectivity index (χ3n) is 3.55. The maximum atomic E-state index is 11.9. The fourth-order valence-corrected chi connectivity index (χ4v) is 2.26. The third kappa shape index (κ3) is 2.89. The average Bonchev–Trinajstić information content (AvgIpc) is 2.91. The zero-order valence-electron chi connectivity index (χ0n) is 13.2. The van der Waals surface area contributed by atoms with Crippen LogP contribution in [0.4, 0.5) is 5.95 Å². The van der Waals surface area contributed by atoms with Gasteiger partial charge in [-0.3, -0.25) is 14.3 Å².